The zero-order valence-corrected chi connectivity index (χ0v) is 15.8. The molecule has 0 saturated heterocycles. The van der Waals surface area contributed by atoms with Gasteiger partial charge in [0.05, 0.1) is 21.8 Å². The Hall–Kier alpha value is -2.90. The van der Waals surface area contributed by atoms with Gasteiger partial charge in [0.2, 0.25) is 0 Å². The highest BCUT2D eigenvalue weighted by Gasteiger charge is 2.24. The van der Waals surface area contributed by atoms with Crippen molar-refractivity contribution in [3.63, 3.8) is 0 Å². The van der Waals surface area contributed by atoms with Gasteiger partial charge >= 0.3 is 0 Å². The molecule has 2 aromatic heterocycles. The van der Waals surface area contributed by atoms with Gasteiger partial charge in [0, 0.05) is 18.5 Å². The summed E-state index contributed by atoms with van der Waals surface area (Å²) in [5.41, 5.74) is 1.12. The summed E-state index contributed by atoms with van der Waals surface area (Å²) in [6, 6.07) is 12.2. The number of aromatic nitrogens is 2. The number of thiazole rings is 1. The molecule has 0 unspecified atom stereocenters. The van der Waals surface area contributed by atoms with E-state index in [1.54, 1.807) is 48.8 Å². The third-order valence-electron chi connectivity index (χ3n) is 4.07. The molecule has 8 heteroatoms. The maximum absolute atomic E-state index is 14.1. The summed E-state index contributed by atoms with van der Waals surface area (Å²) in [5, 5.41) is 0.548. The van der Waals surface area contributed by atoms with Gasteiger partial charge in [0.25, 0.3) is 5.91 Å². The molecule has 4 aromatic rings. The van der Waals surface area contributed by atoms with Gasteiger partial charge < -0.3 is 0 Å². The van der Waals surface area contributed by atoms with E-state index in [0.29, 0.717) is 15.3 Å². The fourth-order valence-electron chi connectivity index (χ4n) is 2.74. The van der Waals surface area contributed by atoms with Gasteiger partial charge in [-0.2, -0.15) is 0 Å². The number of carbonyl (C=O) groups is 1. The van der Waals surface area contributed by atoms with Crippen molar-refractivity contribution in [1.29, 1.82) is 0 Å². The highest BCUT2D eigenvalue weighted by atomic mass is 35.5. The molecule has 4 nitrogen and oxygen atoms in total. The molecule has 0 fully saturated rings. The molecule has 0 bridgehead atoms. The van der Waals surface area contributed by atoms with Crippen LogP contribution in [0.4, 0.5) is 13.9 Å². The van der Waals surface area contributed by atoms with Crippen molar-refractivity contribution in [3.8, 4) is 0 Å². The Morgan fingerprint density at radius 3 is 2.61 bits per heavy atom. The predicted octanol–water partition coefficient (Wildman–Crippen LogP) is 5.47. The van der Waals surface area contributed by atoms with Gasteiger partial charge in [-0.15, -0.1) is 0 Å². The first kappa shape index (κ1) is 18.5. The maximum atomic E-state index is 14.1. The molecule has 0 aliphatic rings. The van der Waals surface area contributed by atoms with Crippen molar-refractivity contribution >= 4 is 44.2 Å². The standard InChI is InChI=1S/C20H12ClF2N3OS/c21-15-4-2-1-3-14(15)19(27)26(11-12-5-7-24-8-6-12)20-25-18-16(23)9-13(22)10-17(18)28-20/h1-10H,11H2. The molecular weight excluding hydrogens is 404 g/mol. The van der Waals surface area contributed by atoms with E-state index in [1.165, 1.54) is 11.0 Å². The summed E-state index contributed by atoms with van der Waals surface area (Å²) in [6.45, 7) is 0.177. The molecule has 0 radical (unpaired) electrons. The normalized spacial score (nSPS) is 11.0. The summed E-state index contributed by atoms with van der Waals surface area (Å²) < 4.78 is 28.0. The number of halogens is 3. The molecule has 0 spiro atoms. The molecule has 28 heavy (non-hydrogen) atoms. The van der Waals surface area contributed by atoms with Crippen LogP contribution in [0.15, 0.2) is 60.9 Å². The van der Waals surface area contributed by atoms with Crippen molar-refractivity contribution in [2.24, 2.45) is 0 Å². The number of benzene rings is 2. The van der Waals surface area contributed by atoms with Crippen LogP contribution in [0.5, 0.6) is 0 Å². The van der Waals surface area contributed by atoms with Gasteiger partial charge in [-0.3, -0.25) is 14.7 Å². The lowest BCUT2D eigenvalue weighted by Crippen LogP contribution is -2.30. The first-order chi connectivity index (χ1) is 13.5. The summed E-state index contributed by atoms with van der Waals surface area (Å²) in [4.78, 5) is 22.8. The number of fused-ring (bicyclic) bond motifs is 1. The Kier molecular flexibility index (Phi) is 5.02. The molecule has 4 rings (SSSR count). The summed E-state index contributed by atoms with van der Waals surface area (Å²) in [6.07, 6.45) is 3.22. The molecule has 2 heterocycles. The van der Waals surface area contributed by atoms with E-state index < -0.39 is 11.6 Å². The number of anilines is 1. The van der Waals surface area contributed by atoms with Crippen molar-refractivity contribution in [2.75, 3.05) is 4.90 Å². The van der Waals surface area contributed by atoms with Crippen molar-refractivity contribution in [2.45, 2.75) is 6.54 Å². The quantitative estimate of drug-likeness (QED) is 0.444. The highest BCUT2D eigenvalue weighted by molar-refractivity contribution is 7.22. The van der Waals surface area contributed by atoms with Crippen LogP contribution < -0.4 is 4.90 Å². The fraction of sp³-hybridized carbons (Fsp3) is 0.0500. The summed E-state index contributed by atoms with van der Waals surface area (Å²) in [7, 11) is 0. The molecular formula is C20H12ClF2N3OS. The Balaban J connectivity index is 1.82. The molecule has 0 saturated carbocycles. The Bertz CT molecular complexity index is 1170. The number of hydrogen-bond acceptors (Lipinski definition) is 4. The fourth-order valence-corrected chi connectivity index (χ4v) is 3.96. The number of hydrogen-bond donors (Lipinski definition) is 0. The lowest BCUT2D eigenvalue weighted by atomic mass is 10.2. The van der Waals surface area contributed by atoms with Crippen molar-refractivity contribution in [1.82, 2.24) is 9.97 Å². The van der Waals surface area contributed by atoms with Gasteiger partial charge in [0.15, 0.2) is 10.9 Å². The van der Waals surface area contributed by atoms with Crippen LogP contribution in [0.3, 0.4) is 0 Å². The first-order valence-electron chi connectivity index (χ1n) is 8.24. The van der Waals surface area contributed by atoms with Gasteiger partial charge in [0.1, 0.15) is 11.3 Å². The average Bonchev–Trinajstić information content (AvgIpc) is 3.11. The minimum atomic E-state index is -0.772. The number of pyridine rings is 1. The number of nitrogens with zero attached hydrogens (tertiary/aromatic N) is 3. The summed E-state index contributed by atoms with van der Waals surface area (Å²) >= 11 is 7.23. The predicted molar refractivity (Wildman–Crippen MR) is 106 cm³/mol. The molecule has 0 N–H and O–H groups in total. The largest absolute Gasteiger partial charge is 0.279 e. The maximum Gasteiger partial charge on any atom is 0.261 e. The third kappa shape index (κ3) is 3.58. The smallest absolute Gasteiger partial charge is 0.261 e. The van der Waals surface area contributed by atoms with Crippen LogP contribution in [0.1, 0.15) is 15.9 Å². The van der Waals surface area contributed by atoms with Gasteiger partial charge in [-0.1, -0.05) is 35.1 Å². The van der Waals surface area contributed by atoms with E-state index in [2.05, 4.69) is 9.97 Å². The Labute approximate surface area is 168 Å². The van der Waals surface area contributed by atoms with Crippen LogP contribution in [-0.4, -0.2) is 15.9 Å². The molecule has 0 aliphatic heterocycles. The second-order valence-electron chi connectivity index (χ2n) is 5.96. The monoisotopic (exact) mass is 415 g/mol. The van der Waals surface area contributed by atoms with E-state index in [0.717, 1.165) is 23.0 Å². The van der Waals surface area contributed by atoms with E-state index in [4.69, 9.17) is 11.6 Å². The van der Waals surface area contributed by atoms with Crippen molar-refractivity contribution in [3.05, 3.63) is 88.7 Å². The minimum absolute atomic E-state index is 0.0214. The Morgan fingerprint density at radius 2 is 1.86 bits per heavy atom. The lowest BCUT2D eigenvalue weighted by Gasteiger charge is -2.20. The molecule has 1 amide bonds. The van der Waals surface area contributed by atoms with E-state index in [-0.39, 0.29) is 23.1 Å². The molecule has 0 aliphatic carbocycles. The topological polar surface area (TPSA) is 46.1 Å². The zero-order valence-electron chi connectivity index (χ0n) is 14.3. The first-order valence-corrected chi connectivity index (χ1v) is 9.43. The van der Waals surface area contributed by atoms with Crippen molar-refractivity contribution < 1.29 is 13.6 Å². The lowest BCUT2D eigenvalue weighted by molar-refractivity contribution is 0.0985. The second-order valence-corrected chi connectivity index (χ2v) is 7.37. The van der Waals surface area contributed by atoms with Crippen LogP contribution >= 0.6 is 22.9 Å². The third-order valence-corrected chi connectivity index (χ3v) is 5.43. The van der Waals surface area contributed by atoms with Gasteiger partial charge in [-0.25, -0.2) is 13.8 Å². The number of amides is 1. The van der Waals surface area contributed by atoms with E-state index >= 15 is 0 Å². The number of rotatable bonds is 4. The molecule has 0 atom stereocenters. The SMILES string of the molecule is O=C(c1ccccc1Cl)N(Cc1ccncc1)c1nc2c(F)cc(F)cc2s1. The second kappa shape index (κ2) is 7.61. The Morgan fingerprint density at radius 1 is 1.11 bits per heavy atom. The number of carbonyl (C=O) groups excluding carboxylic acids is 1. The minimum Gasteiger partial charge on any atom is -0.279 e. The van der Waals surface area contributed by atoms with Crippen LogP contribution in [0.25, 0.3) is 10.2 Å². The molecule has 140 valence electrons. The average molecular weight is 416 g/mol. The van der Waals surface area contributed by atoms with Crippen LogP contribution in [-0.2, 0) is 6.54 Å². The molecule has 2 aromatic carbocycles. The van der Waals surface area contributed by atoms with E-state index in [1.807, 2.05) is 0 Å². The van der Waals surface area contributed by atoms with Crippen LogP contribution in [0.2, 0.25) is 5.02 Å². The zero-order chi connectivity index (χ0) is 19.7. The van der Waals surface area contributed by atoms with E-state index in [9.17, 15) is 13.6 Å². The van der Waals surface area contributed by atoms with Gasteiger partial charge in [-0.05, 0) is 35.9 Å². The van der Waals surface area contributed by atoms with Crippen LogP contribution in [0, 0.1) is 11.6 Å². The highest BCUT2D eigenvalue weighted by Crippen LogP contribution is 2.33. The summed E-state index contributed by atoms with van der Waals surface area (Å²) in [5.74, 6) is -1.85.